The first-order chi connectivity index (χ1) is 16.7. The summed E-state index contributed by atoms with van der Waals surface area (Å²) in [6.07, 6.45) is 5.49. The molecule has 0 spiro atoms. The minimum atomic E-state index is -0.382. The smallest absolute Gasteiger partial charge is 0.252 e. The summed E-state index contributed by atoms with van der Waals surface area (Å²) in [6.45, 7) is 5.95. The van der Waals surface area contributed by atoms with Gasteiger partial charge in [-0.1, -0.05) is 11.2 Å². The number of aryl methyl sites for hydroxylation is 1. The number of hydrogen-bond donors (Lipinski definition) is 0. The van der Waals surface area contributed by atoms with Gasteiger partial charge in [0.05, 0.1) is 16.9 Å². The molecule has 3 aromatic rings. The third-order valence-electron chi connectivity index (χ3n) is 6.54. The highest BCUT2D eigenvalue weighted by Gasteiger charge is 2.30. The van der Waals surface area contributed by atoms with Crippen molar-refractivity contribution in [2.45, 2.75) is 58.1 Å². The molecular formula is C27H32N6O2. The maximum atomic E-state index is 12.7. The van der Waals surface area contributed by atoms with Crippen LogP contribution < -0.4 is 10.5 Å². The number of oxime groups is 1. The quantitative estimate of drug-likeness (QED) is 0.403. The Morgan fingerprint density at radius 3 is 2.57 bits per heavy atom. The van der Waals surface area contributed by atoms with Crippen molar-refractivity contribution in [3.8, 4) is 6.07 Å². The third-order valence-corrected chi connectivity index (χ3v) is 6.54. The second-order valence-electron chi connectivity index (χ2n) is 10.1. The normalized spacial score (nSPS) is 18.8. The van der Waals surface area contributed by atoms with E-state index < -0.39 is 0 Å². The summed E-state index contributed by atoms with van der Waals surface area (Å²) in [4.78, 5) is 29.7. The van der Waals surface area contributed by atoms with Crippen LogP contribution in [0.2, 0.25) is 0 Å². The van der Waals surface area contributed by atoms with Crippen LogP contribution in [0.15, 0.2) is 52.5 Å². The topological polar surface area (TPSA) is 96.4 Å². The summed E-state index contributed by atoms with van der Waals surface area (Å²) < 4.78 is 1.57. The average Bonchev–Trinajstić information content (AvgIpc) is 2.86. The molecule has 8 heteroatoms. The lowest BCUT2D eigenvalue weighted by atomic mass is 9.81. The zero-order valence-electron chi connectivity index (χ0n) is 21.0. The second kappa shape index (κ2) is 9.87. The molecule has 0 atom stereocenters. The maximum Gasteiger partial charge on any atom is 0.252 e. The molecule has 0 amide bonds. The molecule has 1 aliphatic carbocycles. The number of pyridine rings is 3. The van der Waals surface area contributed by atoms with E-state index in [-0.39, 0.29) is 23.1 Å². The average molecular weight is 473 g/mol. The summed E-state index contributed by atoms with van der Waals surface area (Å²) in [5.74, 6) is 0.237. The van der Waals surface area contributed by atoms with Gasteiger partial charge < -0.3 is 14.3 Å². The van der Waals surface area contributed by atoms with Gasteiger partial charge in [-0.05, 0) is 70.7 Å². The van der Waals surface area contributed by atoms with Gasteiger partial charge in [-0.2, -0.15) is 5.26 Å². The number of nitriles is 1. The van der Waals surface area contributed by atoms with Crippen molar-refractivity contribution in [2.75, 3.05) is 11.9 Å². The van der Waals surface area contributed by atoms with Crippen LogP contribution in [0.3, 0.4) is 0 Å². The number of anilines is 1. The molecule has 1 fully saturated rings. The number of rotatable bonds is 5. The van der Waals surface area contributed by atoms with Gasteiger partial charge >= 0.3 is 0 Å². The Kier molecular flexibility index (Phi) is 6.88. The van der Waals surface area contributed by atoms with Crippen molar-refractivity contribution in [3.63, 3.8) is 0 Å². The van der Waals surface area contributed by atoms with Crippen molar-refractivity contribution in [1.29, 1.82) is 5.26 Å². The van der Waals surface area contributed by atoms with Crippen LogP contribution in [0.4, 0.5) is 5.69 Å². The molecule has 0 aromatic carbocycles. The van der Waals surface area contributed by atoms with Crippen LogP contribution in [-0.2, 0) is 11.9 Å². The first kappa shape index (κ1) is 24.4. The fourth-order valence-electron chi connectivity index (χ4n) is 4.61. The fraction of sp³-hybridized carbons (Fsp3) is 0.444. The zero-order chi connectivity index (χ0) is 25.2. The van der Waals surface area contributed by atoms with E-state index in [0.29, 0.717) is 11.2 Å². The van der Waals surface area contributed by atoms with Gasteiger partial charge in [0.25, 0.3) is 5.56 Å². The van der Waals surface area contributed by atoms with E-state index in [1.54, 1.807) is 36.0 Å². The highest BCUT2D eigenvalue weighted by molar-refractivity contribution is 6.00. The Morgan fingerprint density at radius 1 is 1.20 bits per heavy atom. The molecular weight excluding hydrogens is 440 g/mol. The Balaban J connectivity index is 1.59. The molecule has 0 radical (unpaired) electrons. The van der Waals surface area contributed by atoms with Crippen LogP contribution in [-0.4, -0.2) is 38.9 Å². The molecule has 8 nitrogen and oxygen atoms in total. The van der Waals surface area contributed by atoms with E-state index in [1.165, 1.54) is 0 Å². The van der Waals surface area contributed by atoms with E-state index >= 15 is 0 Å². The maximum absolute atomic E-state index is 12.7. The summed E-state index contributed by atoms with van der Waals surface area (Å²) in [6, 6.07) is 13.3. The van der Waals surface area contributed by atoms with E-state index in [4.69, 9.17) is 4.84 Å². The molecule has 35 heavy (non-hydrogen) atoms. The molecule has 0 N–H and O–H groups in total. The monoisotopic (exact) mass is 472 g/mol. The largest absolute Gasteiger partial charge is 0.390 e. The number of nitrogens with zero attached hydrogens (tertiary/aromatic N) is 6. The van der Waals surface area contributed by atoms with Gasteiger partial charge in [-0.3, -0.25) is 9.78 Å². The van der Waals surface area contributed by atoms with Gasteiger partial charge in [0.2, 0.25) is 0 Å². The van der Waals surface area contributed by atoms with E-state index in [9.17, 15) is 10.1 Å². The van der Waals surface area contributed by atoms with Crippen LogP contribution >= 0.6 is 0 Å². The van der Waals surface area contributed by atoms with Crippen molar-refractivity contribution in [3.05, 3.63) is 64.3 Å². The van der Waals surface area contributed by atoms with Gasteiger partial charge in [0.1, 0.15) is 28.6 Å². The number of fused-ring (bicyclic) bond motifs is 1. The van der Waals surface area contributed by atoms with Crippen LogP contribution in [0.1, 0.15) is 57.8 Å². The van der Waals surface area contributed by atoms with Gasteiger partial charge in [0.15, 0.2) is 0 Å². The molecule has 0 bridgehead atoms. The third kappa shape index (κ3) is 5.35. The summed E-state index contributed by atoms with van der Waals surface area (Å²) >= 11 is 0. The van der Waals surface area contributed by atoms with Gasteiger partial charge in [0, 0.05) is 38.3 Å². The standard InChI is InChI=1S/C27H32N6O2/c1-27(2,3)35-31-25(21-8-6-7-15-29-21)18-9-12-20(13-10-18)32(4)23-16-24(34)33(5)22-14-11-19(17-28)30-26(22)23/h6-8,11,14-16,18,20H,9-10,12-13H2,1-5H3. The molecule has 1 aliphatic rings. The fourth-order valence-corrected chi connectivity index (χ4v) is 4.61. The molecule has 0 unspecified atom stereocenters. The lowest BCUT2D eigenvalue weighted by molar-refractivity contribution is -0.0000710. The minimum Gasteiger partial charge on any atom is -0.390 e. The van der Waals surface area contributed by atoms with E-state index in [2.05, 4.69) is 26.1 Å². The minimum absolute atomic E-state index is 0.0940. The lowest BCUT2D eigenvalue weighted by Crippen LogP contribution is -2.38. The molecule has 182 valence electrons. The van der Waals surface area contributed by atoms with Crippen LogP contribution in [0.25, 0.3) is 11.0 Å². The molecule has 0 saturated heterocycles. The van der Waals surface area contributed by atoms with Crippen LogP contribution in [0, 0.1) is 17.2 Å². The first-order valence-corrected chi connectivity index (χ1v) is 12.0. The highest BCUT2D eigenvalue weighted by Crippen LogP contribution is 2.34. The Bertz CT molecular complexity index is 1330. The van der Waals surface area contributed by atoms with Crippen molar-refractivity contribution in [1.82, 2.24) is 14.5 Å². The van der Waals surface area contributed by atoms with Gasteiger partial charge in [-0.15, -0.1) is 0 Å². The Morgan fingerprint density at radius 2 is 1.94 bits per heavy atom. The SMILES string of the molecule is CN(c1cc(=O)n(C)c2ccc(C#N)nc12)C1CCC(C(=NOC(C)(C)C)c2ccccn2)CC1. The lowest BCUT2D eigenvalue weighted by Gasteiger charge is -2.36. The number of aromatic nitrogens is 3. The molecule has 1 saturated carbocycles. The van der Waals surface area contributed by atoms with Crippen molar-refractivity contribution in [2.24, 2.45) is 18.1 Å². The van der Waals surface area contributed by atoms with E-state index in [0.717, 1.165) is 48.3 Å². The predicted molar refractivity (Wildman–Crippen MR) is 137 cm³/mol. The Hall–Kier alpha value is -3.73. The summed E-state index contributed by atoms with van der Waals surface area (Å²) in [5, 5.41) is 13.9. The summed E-state index contributed by atoms with van der Waals surface area (Å²) in [7, 11) is 3.74. The number of hydrogen-bond acceptors (Lipinski definition) is 7. The first-order valence-electron chi connectivity index (χ1n) is 12.0. The van der Waals surface area contributed by atoms with Crippen molar-refractivity contribution < 1.29 is 4.84 Å². The predicted octanol–water partition coefficient (Wildman–Crippen LogP) is 4.41. The summed E-state index contributed by atoms with van der Waals surface area (Å²) in [5.41, 5.74) is 3.75. The molecule has 4 rings (SSSR count). The highest BCUT2D eigenvalue weighted by atomic mass is 16.6. The molecule has 3 heterocycles. The van der Waals surface area contributed by atoms with Gasteiger partial charge in [-0.25, -0.2) is 4.98 Å². The van der Waals surface area contributed by atoms with E-state index in [1.807, 2.05) is 46.0 Å². The molecule has 3 aromatic heterocycles. The Labute approximate surface area is 205 Å². The van der Waals surface area contributed by atoms with Crippen molar-refractivity contribution >= 4 is 22.4 Å². The van der Waals surface area contributed by atoms with Crippen LogP contribution in [0.5, 0.6) is 0 Å². The zero-order valence-corrected chi connectivity index (χ0v) is 21.0. The second-order valence-corrected chi connectivity index (χ2v) is 10.1. The molecule has 0 aliphatic heterocycles.